The minimum Gasteiger partial charge on any atom is -0.376 e. The van der Waals surface area contributed by atoms with Gasteiger partial charge in [-0.1, -0.05) is 35.9 Å². The van der Waals surface area contributed by atoms with E-state index in [0.29, 0.717) is 42.0 Å². The van der Waals surface area contributed by atoms with E-state index in [1.54, 1.807) is 11.0 Å². The number of ether oxygens (including phenoxy) is 1. The number of sulfonamides is 1. The zero-order valence-corrected chi connectivity index (χ0v) is 22.0. The third kappa shape index (κ3) is 4.64. The van der Waals surface area contributed by atoms with E-state index in [0.717, 1.165) is 40.8 Å². The molecule has 0 aliphatic carbocycles. The van der Waals surface area contributed by atoms with Gasteiger partial charge >= 0.3 is 0 Å². The van der Waals surface area contributed by atoms with Gasteiger partial charge in [0.1, 0.15) is 10.3 Å². The molecular weight excluding hydrogens is 514 g/mol. The lowest BCUT2D eigenvalue weighted by Gasteiger charge is -2.29. The quantitative estimate of drug-likeness (QED) is 0.425. The second-order valence-electron chi connectivity index (χ2n) is 8.57. The molecule has 34 heavy (non-hydrogen) atoms. The molecule has 2 fully saturated rings. The molecule has 3 aromatic rings. The van der Waals surface area contributed by atoms with E-state index in [4.69, 9.17) is 21.3 Å². The Kier molecular flexibility index (Phi) is 6.98. The van der Waals surface area contributed by atoms with Crippen molar-refractivity contribution in [2.75, 3.05) is 24.6 Å². The average Bonchev–Trinajstić information content (AvgIpc) is 3.62. The molecule has 1 amide bonds. The van der Waals surface area contributed by atoms with E-state index in [9.17, 15) is 13.2 Å². The summed E-state index contributed by atoms with van der Waals surface area (Å²) in [7, 11) is -3.82. The van der Waals surface area contributed by atoms with Gasteiger partial charge in [0.25, 0.3) is 10.0 Å². The number of carbonyl (C=O) groups is 1. The zero-order valence-electron chi connectivity index (χ0n) is 18.8. The lowest BCUT2D eigenvalue weighted by molar-refractivity contribution is -0.122. The Bertz CT molecular complexity index is 1300. The SMILES string of the molecule is CCc1ccc2nc(N(CC3CCCO3)C(=O)C3CCCN3S(=O)(=O)c3ccc(Cl)s3)sc2c1. The van der Waals surface area contributed by atoms with Crippen LogP contribution in [0.3, 0.4) is 0 Å². The van der Waals surface area contributed by atoms with Crippen molar-refractivity contribution in [2.45, 2.75) is 55.4 Å². The highest BCUT2D eigenvalue weighted by atomic mass is 35.5. The van der Waals surface area contributed by atoms with Crippen molar-refractivity contribution in [1.29, 1.82) is 0 Å². The molecule has 2 aromatic heterocycles. The molecule has 0 radical (unpaired) electrons. The van der Waals surface area contributed by atoms with Crippen LogP contribution in [-0.2, 0) is 26.0 Å². The van der Waals surface area contributed by atoms with Crippen LogP contribution in [-0.4, -0.2) is 55.5 Å². The van der Waals surface area contributed by atoms with Gasteiger partial charge in [0, 0.05) is 13.2 Å². The standard InChI is InChI=1S/C23H26ClN3O4S3/c1-2-15-7-8-17-19(13-15)32-23(25-17)26(14-16-5-4-12-31-16)22(28)18-6-3-11-27(18)34(29,30)21-10-9-20(24)33-21/h7-10,13,16,18H,2-6,11-12,14H2,1H3. The van der Waals surface area contributed by atoms with E-state index >= 15 is 0 Å². The number of thiophene rings is 1. The zero-order chi connectivity index (χ0) is 23.9. The first-order chi connectivity index (χ1) is 16.4. The number of rotatable bonds is 7. The van der Waals surface area contributed by atoms with Gasteiger partial charge in [-0.2, -0.15) is 4.31 Å². The van der Waals surface area contributed by atoms with Crippen molar-refractivity contribution in [1.82, 2.24) is 9.29 Å². The van der Waals surface area contributed by atoms with Crippen LogP contribution >= 0.6 is 34.3 Å². The van der Waals surface area contributed by atoms with Crippen LogP contribution in [0.5, 0.6) is 0 Å². The number of hydrogen-bond acceptors (Lipinski definition) is 7. The lowest BCUT2D eigenvalue weighted by atomic mass is 10.1. The van der Waals surface area contributed by atoms with Crippen LogP contribution in [0.1, 0.15) is 38.2 Å². The van der Waals surface area contributed by atoms with Crippen molar-refractivity contribution in [2.24, 2.45) is 0 Å². The lowest BCUT2D eigenvalue weighted by Crippen LogP contribution is -2.49. The second kappa shape index (κ2) is 9.83. The fourth-order valence-electron chi connectivity index (χ4n) is 4.55. The number of anilines is 1. The number of halogens is 1. The number of thiazole rings is 1. The summed E-state index contributed by atoms with van der Waals surface area (Å²) >= 11 is 8.48. The minimum atomic E-state index is -3.82. The van der Waals surface area contributed by atoms with Gasteiger partial charge in [-0.3, -0.25) is 9.69 Å². The summed E-state index contributed by atoms with van der Waals surface area (Å²) < 4.78 is 35.4. The Morgan fingerprint density at radius 2 is 2.09 bits per heavy atom. The highest BCUT2D eigenvalue weighted by Gasteiger charge is 2.43. The third-order valence-electron chi connectivity index (χ3n) is 6.36. The molecule has 0 saturated carbocycles. The number of amides is 1. The summed E-state index contributed by atoms with van der Waals surface area (Å²) in [6, 6.07) is 8.45. The molecule has 4 heterocycles. The first-order valence-electron chi connectivity index (χ1n) is 11.5. The second-order valence-corrected chi connectivity index (χ2v) is 13.4. The predicted molar refractivity (Wildman–Crippen MR) is 137 cm³/mol. The van der Waals surface area contributed by atoms with Crippen LogP contribution in [0.4, 0.5) is 5.13 Å². The minimum absolute atomic E-state index is 0.0790. The Morgan fingerprint density at radius 1 is 1.24 bits per heavy atom. The fraction of sp³-hybridized carbons (Fsp3) is 0.478. The molecule has 2 aliphatic heterocycles. The van der Waals surface area contributed by atoms with Gasteiger partial charge < -0.3 is 4.74 Å². The summed E-state index contributed by atoms with van der Waals surface area (Å²) in [5.41, 5.74) is 2.05. The summed E-state index contributed by atoms with van der Waals surface area (Å²) in [4.78, 5) is 20.4. The van der Waals surface area contributed by atoms with E-state index in [-0.39, 0.29) is 16.2 Å². The fourth-order valence-corrected chi connectivity index (χ4v) is 8.86. The van der Waals surface area contributed by atoms with Gasteiger partial charge in [0.05, 0.1) is 27.2 Å². The van der Waals surface area contributed by atoms with Crippen LogP contribution in [0.2, 0.25) is 4.34 Å². The normalized spacial score (nSPS) is 21.5. The number of fused-ring (bicyclic) bond motifs is 1. The Morgan fingerprint density at radius 3 is 2.79 bits per heavy atom. The summed E-state index contributed by atoms with van der Waals surface area (Å²) in [6.45, 7) is 3.46. The molecule has 2 unspecified atom stereocenters. The number of benzene rings is 1. The molecule has 7 nitrogen and oxygen atoms in total. The van der Waals surface area contributed by atoms with Crippen molar-refractivity contribution < 1.29 is 17.9 Å². The molecule has 0 spiro atoms. The topological polar surface area (TPSA) is 79.8 Å². The van der Waals surface area contributed by atoms with E-state index in [1.165, 1.54) is 27.3 Å². The molecule has 1 aromatic carbocycles. The molecule has 0 N–H and O–H groups in total. The number of carbonyl (C=O) groups excluding carboxylic acids is 1. The summed E-state index contributed by atoms with van der Waals surface area (Å²) in [5.74, 6) is -0.242. The molecule has 2 atom stereocenters. The molecule has 182 valence electrons. The maximum Gasteiger partial charge on any atom is 0.253 e. The number of aromatic nitrogens is 1. The Labute approximate surface area is 212 Å². The van der Waals surface area contributed by atoms with E-state index in [1.807, 2.05) is 6.07 Å². The van der Waals surface area contributed by atoms with Crippen LogP contribution in [0.25, 0.3) is 10.2 Å². The first-order valence-corrected chi connectivity index (χ1v) is 14.9. The number of nitrogens with zero attached hydrogens (tertiary/aromatic N) is 3. The molecule has 2 aliphatic rings. The van der Waals surface area contributed by atoms with Crippen molar-refractivity contribution >= 4 is 65.6 Å². The van der Waals surface area contributed by atoms with Gasteiger partial charge in [0.15, 0.2) is 5.13 Å². The monoisotopic (exact) mass is 539 g/mol. The van der Waals surface area contributed by atoms with E-state index < -0.39 is 16.1 Å². The molecule has 0 bridgehead atoms. The van der Waals surface area contributed by atoms with Crippen LogP contribution in [0.15, 0.2) is 34.5 Å². The van der Waals surface area contributed by atoms with Crippen LogP contribution < -0.4 is 4.90 Å². The molecule has 11 heteroatoms. The highest BCUT2D eigenvalue weighted by molar-refractivity contribution is 7.91. The summed E-state index contributed by atoms with van der Waals surface area (Å²) in [5, 5.41) is 0.590. The number of aryl methyl sites for hydroxylation is 1. The van der Waals surface area contributed by atoms with Crippen molar-refractivity contribution in [3.05, 3.63) is 40.2 Å². The van der Waals surface area contributed by atoms with Gasteiger partial charge in [-0.05, 0) is 61.9 Å². The molecule has 5 rings (SSSR count). The van der Waals surface area contributed by atoms with E-state index in [2.05, 4.69) is 19.1 Å². The van der Waals surface area contributed by atoms with Gasteiger partial charge in [-0.15, -0.1) is 11.3 Å². The molecular formula is C23H26ClN3O4S3. The maximum absolute atomic E-state index is 13.9. The highest BCUT2D eigenvalue weighted by Crippen LogP contribution is 2.35. The van der Waals surface area contributed by atoms with Crippen molar-refractivity contribution in [3.63, 3.8) is 0 Å². The largest absolute Gasteiger partial charge is 0.376 e. The smallest absolute Gasteiger partial charge is 0.253 e. The third-order valence-corrected chi connectivity index (χ3v) is 11.0. The maximum atomic E-state index is 13.9. The Hall–Kier alpha value is -1.56. The first kappa shape index (κ1) is 24.1. The molecule has 2 saturated heterocycles. The Balaban J connectivity index is 1.48. The average molecular weight is 540 g/mol. The van der Waals surface area contributed by atoms with Crippen molar-refractivity contribution in [3.8, 4) is 0 Å². The van der Waals surface area contributed by atoms with Gasteiger partial charge in [-0.25, -0.2) is 13.4 Å². The van der Waals surface area contributed by atoms with Crippen LogP contribution in [0, 0.1) is 0 Å². The predicted octanol–water partition coefficient (Wildman–Crippen LogP) is 4.94. The van der Waals surface area contributed by atoms with Gasteiger partial charge in [0.2, 0.25) is 5.91 Å². The number of hydrogen-bond donors (Lipinski definition) is 0. The summed E-state index contributed by atoms with van der Waals surface area (Å²) in [6.07, 6.45) is 3.77.